The van der Waals surface area contributed by atoms with Crippen molar-refractivity contribution in [2.75, 3.05) is 26.2 Å². The van der Waals surface area contributed by atoms with Gasteiger partial charge in [-0.3, -0.25) is 9.80 Å². The quantitative estimate of drug-likeness (QED) is 0.804. The second-order valence-electron chi connectivity index (χ2n) is 6.72. The van der Waals surface area contributed by atoms with Crippen molar-refractivity contribution in [2.45, 2.75) is 52.1 Å². The Morgan fingerprint density at radius 1 is 1.05 bits per heavy atom. The fourth-order valence-corrected chi connectivity index (χ4v) is 4.02. The number of rotatable bonds is 3. The van der Waals surface area contributed by atoms with Gasteiger partial charge in [0.2, 0.25) is 0 Å². The number of hydrogen-bond donors (Lipinski definition) is 1. The highest BCUT2D eigenvalue weighted by atomic mass is 32.1. The van der Waals surface area contributed by atoms with Gasteiger partial charge in [0.15, 0.2) is 0 Å². The highest BCUT2D eigenvalue weighted by molar-refractivity contribution is 7.80. The van der Waals surface area contributed by atoms with Gasteiger partial charge >= 0.3 is 0 Å². The second-order valence-corrected chi connectivity index (χ2v) is 7.19. The van der Waals surface area contributed by atoms with Gasteiger partial charge in [-0.25, -0.2) is 0 Å². The molecular weight excluding hydrogens is 254 g/mol. The van der Waals surface area contributed by atoms with Crippen LogP contribution in [0.4, 0.5) is 0 Å². The molecule has 19 heavy (non-hydrogen) atoms. The molecular formula is C15H29N3S. The SMILES string of the molecule is CC1CC(C)CC(N2CCN(C(C)C(N)=S)CC2)C1. The van der Waals surface area contributed by atoms with E-state index in [1.54, 1.807) is 0 Å². The molecule has 3 unspecified atom stereocenters. The average molecular weight is 283 g/mol. The van der Waals surface area contributed by atoms with Gasteiger partial charge in [0, 0.05) is 32.2 Å². The second kappa shape index (κ2) is 6.51. The molecule has 3 nitrogen and oxygen atoms in total. The normalized spacial score (nSPS) is 36.1. The Morgan fingerprint density at radius 3 is 2.05 bits per heavy atom. The van der Waals surface area contributed by atoms with Crippen LogP contribution in [-0.2, 0) is 0 Å². The summed E-state index contributed by atoms with van der Waals surface area (Å²) in [5, 5.41) is 0. The molecule has 2 N–H and O–H groups in total. The van der Waals surface area contributed by atoms with Crippen LogP contribution in [0.25, 0.3) is 0 Å². The van der Waals surface area contributed by atoms with Crippen molar-refractivity contribution < 1.29 is 0 Å². The van der Waals surface area contributed by atoms with E-state index in [1.165, 1.54) is 32.4 Å². The maximum Gasteiger partial charge on any atom is 0.0899 e. The van der Waals surface area contributed by atoms with Gasteiger partial charge in [0.05, 0.1) is 11.0 Å². The third-order valence-corrected chi connectivity index (χ3v) is 5.32. The predicted octanol–water partition coefficient (Wildman–Crippen LogP) is 2.10. The first-order valence-corrected chi connectivity index (χ1v) is 8.15. The maximum absolute atomic E-state index is 5.76. The monoisotopic (exact) mass is 283 g/mol. The number of piperazine rings is 1. The fourth-order valence-electron chi connectivity index (χ4n) is 3.87. The largest absolute Gasteiger partial charge is 0.392 e. The number of hydrogen-bond acceptors (Lipinski definition) is 3. The number of nitrogens with two attached hydrogens (primary N) is 1. The van der Waals surface area contributed by atoms with Crippen LogP contribution in [0.2, 0.25) is 0 Å². The van der Waals surface area contributed by atoms with Crippen molar-refractivity contribution in [2.24, 2.45) is 17.6 Å². The molecule has 0 amide bonds. The van der Waals surface area contributed by atoms with E-state index in [1.807, 2.05) is 0 Å². The van der Waals surface area contributed by atoms with Gasteiger partial charge in [-0.15, -0.1) is 0 Å². The lowest BCUT2D eigenvalue weighted by Crippen LogP contribution is -2.55. The lowest BCUT2D eigenvalue weighted by molar-refractivity contribution is 0.0520. The van der Waals surface area contributed by atoms with E-state index in [-0.39, 0.29) is 6.04 Å². The molecule has 4 heteroatoms. The van der Waals surface area contributed by atoms with E-state index < -0.39 is 0 Å². The summed E-state index contributed by atoms with van der Waals surface area (Å²) in [6.07, 6.45) is 4.18. The molecule has 1 saturated heterocycles. The van der Waals surface area contributed by atoms with Crippen LogP contribution >= 0.6 is 12.2 Å². The van der Waals surface area contributed by atoms with Crippen LogP contribution < -0.4 is 5.73 Å². The van der Waals surface area contributed by atoms with Crippen molar-refractivity contribution in [1.82, 2.24) is 9.80 Å². The zero-order chi connectivity index (χ0) is 14.0. The molecule has 0 aromatic carbocycles. The molecule has 1 aliphatic heterocycles. The topological polar surface area (TPSA) is 32.5 Å². The molecule has 0 spiro atoms. The van der Waals surface area contributed by atoms with Gasteiger partial charge < -0.3 is 5.73 Å². The van der Waals surface area contributed by atoms with E-state index >= 15 is 0 Å². The summed E-state index contributed by atoms with van der Waals surface area (Å²) < 4.78 is 0. The molecule has 1 aliphatic carbocycles. The minimum atomic E-state index is 0.251. The van der Waals surface area contributed by atoms with Gasteiger partial charge in [0.1, 0.15) is 0 Å². The molecule has 1 heterocycles. The zero-order valence-electron chi connectivity index (χ0n) is 12.6. The molecule has 110 valence electrons. The van der Waals surface area contributed by atoms with Gasteiger partial charge in [-0.05, 0) is 38.0 Å². The molecule has 2 rings (SSSR count). The molecule has 2 aliphatic rings. The molecule has 1 saturated carbocycles. The van der Waals surface area contributed by atoms with Crippen LogP contribution in [0.5, 0.6) is 0 Å². The summed E-state index contributed by atoms with van der Waals surface area (Å²) in [7, 11) is 0. The predicted molar refractivity (Wildman–Crippen MR) is 85.4 cm³/mol. The van der Waals surface area contributed by atoms with Crippen LogP contribution in [-0.4, -0.2) is 53.1 Å². The summed E-state index contributed by atoms with van der Waals surface area (Å²) >= 11 is 5.11. The fraction of sp³-hybridized carbons (Fsp3) is 0.933. The minimum Gasteiger partial charge on any atom is -0.392 e. The molecule has 2 fully saturated rings. The minimum absolute atomic E-state index is 0.251. The molecule has 3 atom stereocenters. The standard InChI is InChI=1S/C15H29N3S/c1-11-8-12(2)10-14(9-11)18-6-4-17(5-7-18)13(3)15(16)19/h11-14H,4-10H2,1-3H3,(H2,16,19). The lowest BCUT2D eigenvalue weighted by atomic mass is 9.79. The smallest absolute Gasteiger partial charge is 0.0899 e. The highest BCUT2D eigenvalue weighted by Crippen LogP contribution is 2.32. The Balaban J connectivity index is 1.84. The zero-order valence-corrected chi connectivity index (χ0v) is 13.5. The van der Waals surface area contributed by atoms with Gasteiger partial charge in [0.25, 0.3) is 0 Å². The van der Waals surface area contributed by atoms with Crippen LogP contribution in [0.15, 0.2) is 0 Å². The van der Waals surface area contributed by atoms with Crippen LogP contribution in [0.3, 0.4) is 0 Å². The molecule has 0 radical (unpaired) electrons. The molecule has 0 aromatic rings. The van der Waals surface area contributed by atoms with E-state index in [2.05, 4.69) is 30.6 Å². The molecule has 0 aromatic heterocycles. The van der Waals surface area contributed by atoms with Crippen LogP contribution in [0.1, 0.15) is 40.0 Å². The summed E-state index contributed by atoms with van der Waals surface area (Å²) in [4.78, 5) is 5.76. The first-order chi connectivity index (χ1) is 8.97. The number of thiocarbonyl (C=S) groups is 1. The van der Waals surface area contributed by atoms with Crippen molar-refractivity contribution in [3.8, 4) is 0 Å². The third kappa shape index (κ3) is 3.89. The molecule has 0 bridgehead atoms. The summed E-state index contributed by atoms with van der Waals surface area (Å²) in [6.45, 7) is 11.5. The van der Waals surface area contributed by atoms with E-state index in [4.69, 9.17) is 18.0 Å². The summed E-state index contributed by atoms with van der Waals surface area (Å²) in [5.41, 5.74) is 5.76. The van der Waals surface area contributed by atoms with E-state index in [0.717, 1.165) is 31.0 Å². The Bertz CT molecular complexity index is 303. The van der Waals surface area contributed by atoms with Crippen molar-refractivity contribution in [3.05, 3.63) is 0 Å². The first-order valence-electron chi connectivity index (χ1n) is 7.74. The van der Waals surface area contributed by atoms with Crippen molar-refractivity contribution in [1.29, 1.82) is 0 Å². The number of nitrogens with zero attached hydrogens (tertiary/aromatic N) is 2. The van der Waals surface area contributed by atoms with Gasteiger partial charge in [-0.1, -0.05) is 26.1 Å². The Hall–Kier alpha value is -0.190. The summed E-state index contributed by atoms with van der Waals surface area (Å²) in [5.74, 6) is 1.78. The van der Waals surface area contributed by atoms with E-state index in [0.29, 0.717) is 4.99 Å². The Labute approximate surface area is 123 Å². The van der Waals surface area contributed by atoms with E-state index in [9.17, 15) is 0 Å². The van der Waals surface area contributed by atoms with Crippen molar-refractivity contribution in [3.63, 3.8) is 0 Å². The van der Waals surface area contributed by atoms with Gasteiger partial charge in [-0.2, -0.15) is 0 Å². The highest BCUT2D eigenvalue weighted by Gasteiger charge is 2.31. The Morgan fingerprint density at radius 2 is 1.58 bits per heavy atom. The maximum atomic E-state index is 5.76. The lowest BCUT2D eigenvalue weighted by Gasteiger charge is -2.44. The average Bonchev–Trinajstić information content (AvgIpc) is 2.37. The third-order valence-electron chi connectivity index (χ3n) is 4.98. The van der Waals surface area contributed by atoms with Crippen LogP contribution in [0, 0.1) is 11.8 Å². The van der Waals surface area contributed by atoms with Crippen molar-refractivity contribution >= 4 is 17.2 Å². The Kier molecular flexibility index (Phi) is 5.21. The first kappa shape index (κ1) is 15.2. The summed E-state index contributed by atoms with van der Waals surface area (Å²) in [6, 6.07) is 1.06.